The Morgan fingerprint density at radius 1 is 1.56 bits per heavy atom. The van der Waals surface area contributed by atoms with Crippen LogP contribution in [0.15, 0.2) is 12.1 Å². The number of nitrogen functional groups attached to an aromatic ring is 1. The minimum absolute atomic E-state index is 0.178. The Morgan fingerprint density at radius 2 is 2.25 bits per heavy atom. The molecule has 0 fully saturated rings. The minimum atomic E-state index is -0.296. The number of halogens is 1. The maximum Gasteiger partial charge on any atom is 0.271 e. The first-order chi connectivity index (χ1) is 7.54. The van der Waals surface area contributed by atoms with Crippen LogP contribution in [0.2, 0.25) is 5.02 Å². The van der Waals surface area contributed by atoms with Gasteiger partial charge in [0.05, 0.1) is 5.02 Å². The molecule has 0 saturated heterocycles. The molecule has 0 aliphatic heterocycles. The number of hydrazine groups is 1. The first-order valence-corrected chi connectivity index (χ1v) is 5.33. The summed E-state index contributed by atoms with van der Waals surface area (Å²) in [6, 6.07) is 3.18. The summed E-state index contributed by atoms with van der Waals surface area (Å²) in [4.78, 5) is 15.7. The highest BCUT2D eigenvalue weighted by Crippen LogP contribution is 2.16. The van der Waals surface area contributed by atoms with Crippen molar-refractivity contribution in [1.82, 2.24) is 10.3 Å². The molecule has 1 rings (SSSR count). The van der Waals surface area contributed by atoms with Crippen LogP contribution in [0.25, 0.3) is 0 Å². The molecule has 5 nitrogen and oxygen atoms in total. The summed E-state index contributed by atoms with van der Waals surface area (Å²) in [6.07, 6.45) is 0. The van der Waals surface area contributed by atoms with E-state index in [2.05, 4.69) is 15.7 Å². The van der Waals surface area contributed by atoms with Gasteiger partial charge in [0, 0.05) is 6.54 Å². The van der Waals surface area contributed by atoms with Crippen molar-refractivity contribution < 1.29 is 4.79 Å². The zero-order valence-electron chi connectivity index (χ0n) is 9.25. The average Bonchev–Trinajstić information content (AvgIpc) is 2.26. The number of anilines is 1. The van der Waals surface area contributed by atoms with Gasteiger partial charge in [0.15, 0.2) is 0 Å². The number of amides is 1. The number of hydrogen-bond acceptors (Lipinski definition) is 4. The maximum absolute atomic E-state index is 11.7. The lowest BCUT2D eigenvalue weighted by Gasteiger charge is -2.09. The summed E-state index contributed by atoms with van der Waals surface area (Å²) in [6.45, 7) is 4.59. The number of nitrogens with two attached hydrogens (primary N) is 1. The minimum Gasteiger partial charge on any atom is -0.350 e. The van der Waals surface area contributed by atoms with Crippen LogP contribution in [0.5, 0.6) is 0 Å². The van der Waals surface area contributed by atoms with Crippen LogP contribution in [0, 0.1) is 5.92 Å². The van der Waals surface area contributed by atoms with Gasteiger partial charge in [-0.15, -0.1) is 0 Å². The fourth-order valence-electron chi connectivity index (χ4n) is 1.06. The van der Waals surface area contributed by atoms with Crippen LogP contribution < -0.4 is 16.6 Å². The summed E-state index contributed by atoms with van der Waals surface area (Å²) in [7, 11) is 0. The zero-order chi connectivity index (χ0) is 12.1. The molecular weight excluding hydrogens is 228 g/mol. The molecule has 0 bridgehead atoms. The molecule has 0 atom stereocenters. The number of rotatable bonds is 4. The van der Waals surface area contributed by atoms with Gasteiger partial charge >= 0.3 is 0 Å². The highest BCUT2D eigenvalue weighted by molar-refractivity contribution is 6.33. The van der Waals surface area contributed by atoms with Crippen molar-refractivity contribution in [3.63, 3.8) is 0 Å². The first-order valence-electron chi connectivity index (χ1n) is 4.96. The Hall–Kier alpha value is -1.33. The average molecular weight is 243 g/mol. The lowest BCUT2D eigenvalue weighted by Crippen LogP contribution is -2.28. The Labute approximate surface area is 99.4 Å². The SMILES string of the molecule is CC(C)CNC(=O)c1nc(NN)ccc1Cl. The Balaban J connectivity index is 2.81. The van der Waals surface area contributed by atoms with Crippen molar-refractivity contribution in [2.45, 2.75) is 13.8 Å². The smallest absolute Gasteiger partial charge is 0.271 e. The van der Waals surface area contributed by atoms with E-state index in [0.29, 0.717) is 23.3 Å². The fourth-order valence-corrected chi connectivity index (χ4v) is 1.25. The summed E-state index contributed by atoms with van der Waals surface area (Å²) in [5.74, 6) is 5.68. The second kappa shape index (κ2) is 5.67. The molecule has 0 saturated carbocycles. The van der Waals surface area contributed by atoms with Gasteiger partial charge in [0.1, 0.15) is 11.5 Å². The van der Waals surface area contributed by atoms with E-state index < -0.39 is 0 Å². The van der Waals surface area contributed by atoms with Crippen molar-refractivity contribution in [3.8, 4) is 0 Å². The third-order valence-corrected chi connectivity index (χ3v) is 2.18. The van der Waals surface area contributed by atoms with Gasteiger partial charge in [-0.25, -0.2) is 10.8 Å². The molecular formula is C10H15ClN4O. The third kappa shape index (κ3) is 3.36. The van der Waals surface area contributed by atoms with E-state index in [9.17, 15) is 4.79 Å². The van der Waals surface area contributed by atoms with E-state index in [-0.39, 0.29) is 11.6 Å². The molecule has 0 radical (unpaired) electrons. The molecule has 1 aromatic rings. The zero-order valence-corrected chi connectivity index (χ0v) is 10.0. The second-order valence-corrected chi connectivity index (χ2v) is 4.18. The van der Waals surface area contributed by atoms with Gasteiger partial charge in [-0.05, 0) is 18.1 Å². The number of nitrogens with one attached hydrogen (secondary N) is 2. The van der Waals surface area contributed by atoms with Gasteiger partial charge in [-0.1, -0.05) is 25.4 Å². The van der Waals surface area contributed by atoms with E-state index in [1.807, 2.05) is 13.8 Å². The van der Waals surface area contributed by atoms with Gasteiger partial charge in [-0.3, -0.25) is 4.79 Å². The van der Waals surface area contributed by atoms with Crippen LogP contribution in [-0.2, 0) is 0 Å². The van der Waals surface area contributed by atoms with Gasteiger partial charge < -0.3 is 10.7 Å². The summed E-state index contributed by atoms with van der Waals surface area (Å²) in [5.41, 5.74) is 2.54. The normalized spacial score (nSPS) is 10.3. The Morgan fingerprint density at radius 3 is 2.81 bits per heavy atom. The first kappa shape index (κ1) is 12.7. The van der Waals surface area contributed by atoms with Crippen molar-refractivity contribution >= 4 is 23.3 Å². The third-order valence-electron chi connectivity index (χ3n) is 1.88. The number of pyridine rings is 1. The van der Waals surface area contributed by atoms with E-state index in [0.717, 1.165) is 0 Å². The van der Waals surface area contributed by atoms with E-state index in [4.69, 9.17) is 17.4 Å². The topological polar surface area (TPSA) is 80.0 Å². The quantitative estimate of drug-likeness (QED) is 0.551. The van der Waals surface area contributed by atoms with Crippen molar-refractivity contribution in [3.05, 3.63) is 22.8 Å². The molecule has 0 aliphatic carbocycles. The molecule has 0 aliphatic rings. The number of hydrogen-bond donors (Lipinski definition) is 3. The Kier molecular flexibility index (Phi) is 4.52. The predicted octanol–water partition coefficient (Wildman–Crippen LogP) is 1.41. The predicted molar refractivity (Wildman–Crippen MR) is 64.2 cm³/mol. The van der Waals surface area contributed by atoms with Crippen LogP contribution in [0.1, 0.15) is 24.3 Å². The molecule has 6 heteroatoms. The van der Waals surface area contributed by atoms with E-state index in [1.54, 1.807) is 12.1 Å². The number of carbonyl (C=O) groups excluding carboxylic acids is 1. The highest BCUT2D eigenvalue weighted by Gasteiger charge is 2.12. The molecule has 1 aromatic heterocycles. The molecule has 0 spiro atoms. The van der Waals surface area contributed by atoms with Crippen molar-refractivity contribution in [2.75, 3.05) is 12.0 Å². The monoisotopic (exact) mass is 242 g/mol. The van der Waals surface area contributed by atoms with Crippen LogP contribution >= 0.6 is 11.6 Å². The van der Waals surface area contributed by atoms with Crippen molar-refractivity contribution in [2.24, 2.45) is 11.8 Å². The van der Waals surface area contributed by atoms with Gasteiger partial charge in [0.25, 0.3) is 5.91 Å². The molecule has 0 unspecified atom stereocenters. The molecule has 16 heavy (non-hydrogen) atoms. The van der Waals surface area contributed by atoms with E-state index in [1.165, 1.54) is 0 Å². The largest absolute Gasteiger partial charge is 0.350 e. The molecule has 88 valence electrons. The summed E-state index contributed by atoms with van der Waals surface area (Å²) >= 11 is 5.87. The molecule has 4 N–H and O–H groups in total. The molecule has 1 amide bonds. The van der Waals surface area contributed by atoms with Gasteiger partial charge in [0.2, 0.25) is 0 Å². The maximum atomic E-state index is 11.7. The van der Waals surface area contributed by atoms with Crippen LogP contribution in [-0.4, -0.2) is 17.4 Å². The van der Waals surface area contributed by atoms with Crippen LogP contribution in [0.4, 0.5) is 5.82 Å². The summed E-state index contributed by atoms with van der Waals surface area (Å²) < 4.78 is 0. The number of nitrogens with zero attached hydrogens (tertiary/aromatic N) is 1. The van der Waals surface area contributed by atoms with Crippen LogP contribution in [0.3, 0.4) is 0 Å². The molecule has 0 aromatic carbocycles. The van der Waals surface area contributed by atoms with E-state index >= 15 is 0 Å². The standard InChI is InChI=1S/C10H15ClN4O/c1-6(2)5-13-10(16)9-7(11)3-4-8(14-9)15-12/h3-4,6H,5,12H2,1-2H3,(H,13,16)(H,14,15). The lowest BCUT2D eigenvalue weighted by molar-refractivity contribution is 0.0944. The second-order valence-electron chi connectivity index (χ2n) is 3.78. The van der Waals surface area contributed by atoms with Gasteiger partial charge in [-0.2, -0.15) is 0 Å². The number of carbonyl (C=O) groups is 1. The fraction of sp³-hybridized carbons (Fsp3) is 0.400. The highest BCUT2D eigenvalue weighted by atomic mass is 35.5. The summed E-state index contributed by atoms with van der Waals surface area (Å²) in [5, 5.41) is 3.04. The van der Waals surface area contributed by atoms with Crippen molar-refractivity contribution in [1.29, 1.82) is 0 Å². The molecule has 1 heterocycles. The Bertz CT molecular complexity index is 381. The lowest BCUT2D eigenvalue weighted by atomic mass is 10.2. The number of aromatic nitrogens is 1.